The molecule has 1 aliphatic heterocycles. The van der Waals surface area contributed by atoms with Crippen molar-refractivity contribution in [3.8, 4) is 0 Å². The maximum Gasteiger partial charge on any atom is 0.114 e. The summed E-state index contributed by atoms with van der Waals surface area (Å²) < 4.78 is 11.4. The minimum atomic E-state index is -0.0621. The molecule has 0 spiro atoms. The van der Waals surface area contributed by atoms with Gasteiger partial charge in [0.2, 0.25) is 0 Å². The van der Waals surface area contributed by atoms with Crippen LogP contribution in [-0.2, 0) is 9.47 Å². The fraction of sp³-hybridized carbons (Fsp3) is 0.524. The van der Waals surface area contributed by atoms with Gasteiger partial charge in [-0.1, -0.05) is 44.2 Å². The van der Waals surface area contributed by atoms with Crippen molar-refractivity contribution in [2.24, 2.45) is 5.41 Å². The highest BCUT2D eigenvalue weighted by atomic mass is 16.6. The van der Waals surface area contributed by atoms with Crippen LogP contribution in [0.5, 0.6) is 0 Å². The van der Waals surface area contributed by atoms with Crippen LogP contribution in [0.4, 0.5) is 0 Å². The number of fused-ring (bicyclic) bond motifs is 4. The minimum Gasteiger partial charge on any atom is -0.508 e. The number of ether oxygens (including phenoxy) is 2. The molecule has 3 nitrogen and oxygen atoms in total. The summed E-state index contributed by atoms with van der Waals surface area (Å²) in [5.41, 5.74) is 4.30. The second-order valence-corrected chi connectivity index (χ2v) is 7.45. The van der Waals surface area contributed by atoms with Gasteiger partial charge >= 0.3 is 0 Å². The number of aliphatic hydroxyl groups excluding tert-OH is 1. The molecule has 3 heteroatoms. The van der Waals surface area contributed by atoms with Crippen molar-refractivity contribution in [3.05, 3.63) is 59.4 Å². The Bertz CT molecular complexity index is 615. The first-order valence-corrected chi connectivity index (χ1v) is 8.86. The molecule has 0 radical (unpaired) electrons. The molecule has 1 saturated heterocycles. The lowest BCUT2D eigenvalue weighted by atomic mass is 9.76. The van der Waals surface area contributed by atoms with E-state index in [0.717, 1.165) is 32.5 Å². The molecule has 0 aromatic carbocycles. The van der Waals surface area contributed by atoms with Crippen LogP contribution in [0.1, 0.15) is 39.5 Å². The van der Waals surface area contributed by atoms with Crippen LogP contribution in [0.3, 0.4) is 0 Å². The monoisotopic (exact) mass is 328 g/mol. The van der Waals surface area contributed by atoms with E-state index in [9.17, 15) is 5.11 Å². The lowest BCUT2D eigenvalue weighted by Crippen LogP contribution is -2.24. The number of epoxide rings is 1. The molecule has 0 aromatic heterocycles. The summed E-state index contributed by atoms with van der Waals surface area (Å²) in [4.78, 5) is 0. The Kier molecular flexibility index (Phi) is 5.12. The highest BCUT2D eigenvalue weighted by Crippen LogP contribution is 2.43. The summed E-state index contributed by atoms with van der Waals surface area (Å²) >= 11 is 0. The summed E-state index contributed by atoms with van der Waals surface area (Å²) in [6, 6.07) is 0. The van der Waals surface area contributed by atoms with E-state index in [2.05, 4.69) is 32.6 Å². The normalized spacial score (nSPS) is 27.4. The molecule has 2 unspecified atom stereocenters. The Morgan fingerprint density at radius 2 is 2.25 bits per heavy atom. The summed E-state index contributed by atoms with van der Waals surface area (Å²) in [7, 11) is 0. The van der Waals surface area contributed by atoms with E-state index >= 15 is 0 Å². The third-order valence-corrected chi connectivity index (χ3v) is 5.07. The Hall–Kier alpha value is -1.58. The van der Waals surface area contributed by atoms with Crippen LogP contribution in [0.25, 0.3) is 0 Å². The molecule has 4 rings (SSSR count). The summed E-state index contributed by atoms with van der Waals surface area (Å²) in [6.45, 7) is 9.59. The van der Waals surface area contributed by atoms with Crippen LogP contribution in [-0.4, -0.2) is 30.5 Å². The van der Waals surface area contributed by atoms with Crippen molar-refractivity contribution in [1.82, 2.24) is 0 Å². The van der Waals surface area contributed by atoms with Gasteiger partial charge in [0.15, 0.2) is 0 Å². The second kappa shape index (κ2) is 7.12. The molecule has 1 heterocycles. The zero-order chi connectivity index (χ0) is 17.2. The topological polar surface area (TPSA) is 42.0 Å². The van der Waals surface area contributed by atoms with Crippen molar-refractivity contribution in [3.63, 3.8) is 0 Å². The van der Waals surface area contributed by atoms with Gasteiger partial charge in [-0.15, -0.1) is 0 Å². The lowest BCUT2D eigenvalue weighted by Gasteiger charge is -2.32. The molecule has 0 amide bonds. The van der Waals surface area contributed by atoms with Gasteiger partial charge in [0.05, 0.1) is 19.3 Å². The number of allylic oxidation sites excluding steroid dienone is 6. The summed E-state index contributed by atoms with van der Waals surface area (Å²) in [5, 5.41) is 9.50. The third kappa shape index (κ3) is 4.08. The fourth-order valence-corrected chi connectivity index (χ4v) is 3.56. The van der Waals surface area contributed by atoms with Gasteiger partial charge in [0, 0.05) is 5.41 Å². The summed E-state index contributed by atoms with van der Waals surface area (Å²) in [5.74, 6) is 0.191. The molecular weight excluding hydrogens is 300 g/mol. The van der Waals surface area contributed by atoms with Gasteiger partial charge < -0.3 is 14.6 Å². The fourth-order valence-electron chi connectivity index (χ4n) is 3.56. The Morgan fingerprint density at radius 3 is 2.96 bits per heavy atom. The van der Waals surface area contributed by atoms with Crippen molar-refractivity contribution in [2.75, 3.05) is 13.2 Å². The van der Waals surface area contributed by atoms with E-state index in [-0.39, 0.29) is 17.3 Å². The summed E-state index contributed by atoms with van der Waals surface area (Å²) in [6.07, 6.45) is 14.6. The highest BCUT2D eigenvalue weighted by Gasteiger charge is 2.33. The third-order valence-electron chi connectivity index (χ3n) is 5.07. The molecule has 0 aromatic rings. The van der Waals surface area contributed by atoms with E-state index in [1.54, 1.807) is 6.08 Å². The zero-order valence-corrected chi connectivity index (χ0v) is 14.8. The molecular formula is C21H28O3. The first-order chi connectivity index (χ1) is 11.5. The SMILES string of the molecule is C=C/C(O)=C\C=C\C(C)(C)C1=C2CCCC(=C1)C(OCC1CO1)C2. The Morgan fingerprint density at radius 1 is 1.46 bits per heavy atom. The lowest BCUT2D eigenvalue weighted by molar-refractivity contribution is 0.0632. The molecule has 130 valence electrons. The standard InChI is InChI=1S/C21H28O3/c1-4-17(22)9-6-10-21(2,3)19-11-16-8-5-7-15(19)12-20(16)24-14-18-13-23-18/h4,6,9-11,18,20,22H,1,5,7-8,12-14H2,2-3H3/b10-6+,17-9+. The van der Waals surface area contributed by atoms with E-state index in [4.69, 9.17) is 9.47 Å². The zero-order valence-electron chi connectivity index (χ0n) is 14.8. The highest BCUT2D eigenvalue weighted by molar-refractivity contribution is 5.44. The van der Waals surface area contributed by atoms with Crippen molar-refractivity contribution in [1.29, 1.82) is 0 Å². The Balaban J connectivity index is 1.75. The van der Waals surface area contributed by atoms with Gasteiger partial charge in [-0.2, -0.15) is 0 Å². The number of hydrogen-bond donors (Lipinski definition) is 1. The van der Waals surface area contributed by atoms with Gasteiger partial charge in [-0.25, -0.2) is 0 Å². The predicted octanol–water partition coefficient (Wildman–Crippen LogP) is 4.79. The van der Waals surface area contributed by atoms with Crippen LogP contribution in [0, 0.1) is 5.41 Å². The smallest absolute Gasteiger partial charge is 0.114 e. The molecule has 24 heavy (non-hydrogen) atoms. The van der Waals surface area contributed by atoms with Gasteiger partial charge in [-0.05, 0) is 49.0 Å². The first-order valence-electron chi connectivity index (χ1n) is 8.86. The molecule has 2 fully saturated rings. The maximum absolute atomic E-state index is 9.50. The number of rotatable bonds is 7. The number of aliphatic hydroxyl groups is 1. The van der Waals surface area contributed by atoms with Crippen LogP contribution in [0.2, 0.25) is 0 Å². The largest absolute Gasteiger partial charge is 0.508 e. The average molecular weight is 328 g/mol. The Labute approximate surface area is 145 Å². The van der Waals surface area contributed by atoms with E-state index in [0.29, 0.717) is 6.10 Å². The van der Waals surface area contributed by atoms with Crippen LogP contribution < -0.4 is 0 Å². The average Bonchev–Trinajstić information content (AvgIpc) is 3.39. The molecule has 4 aliphatic rings. The number of hydrogen-bond acceptors (Lipinski definition) is 3. The molecule has 1 N–H and O–H groups in total. The quantitative estimate of drug-likeness (QED) is 0.415. The van der Waals surface area contributed by atoms with Crippen molar-refractivity contribution in [2.45, 2.75) is 51.7 Å². The second-order valence-electron chi connectivity index (χ2n) is 7.45. The maximum atomic E-state index is 9.50. The molecule has 1 saturated carbocycles. The van der Waals surface area contributed by atoms with E-state index < -0.39 is 0 Å². The van der Waals surface area contributed by atoms with Crippen molar-refractivity contribution >= 4 is 0 Å². The van der Waals surface area contributed by atoms with Crippen molar-refractivity contribution < 1.29 is 14.6 Å². The first kappa shape index (κ1) is 17.2. The predicted molar refractivity (Wildman–Crippen MR) is 96.9 cm³/mol. The molecule has 3 aliphatic carbocycles. The van der Waals surface area contributed by atoms with E-state index in [1.165, 1.54) is 29.2 Å². The minimum absolute atomic E-state index is 0.0621. The molecule has 2 atom stereocenters. The van der Waals surface area contributed by atoms with Gasteiger partial charge in [-0.3, -0.25) is 0 Å². The van der Waals surface area contributed by atoms with E-state index in [1.807, 2.05) is 6.08 Å². The molecule has 2 bridgehead atoms. The van der Waals surface area contributed by atoms with Crippen LogP contribution in [0.15, 0.2) is 59.4 Å². The van der Waals surface area contributed by atoms with Gasteiger partial charge in [0.25, 0.3) is 0 Å². The van der Waals surface area contributed by atoms with Gasteiger partial charge in [0.1, 0.15) is 11.9 Å². The van der Waals surface area contributed by atoms with Crippen LogP contribution >= 0.6 is 0 Å².